The maximum atomic E-state index is 5.92. The van der Waals surface area contributed by atoms with Crippen molar-refractivity contribution in [2.75, 3.05) is 31.6 Å². The minimum Gasteiger partial charge on any atom is -0.373 e. The smallest absolute Gasteiger partial charge is 0.202 e. The summed E-state index contributed by atoms with van der Waals surface area (Å²) in [7, 11) is 0. The number of ether oxygens (including phenoxy) is 1. The number of rotatable bonds is 5. The van der Waals surface area contributed by atoms with Crippen LogP contribution in [0, 0.1) is 0 Å². The number of hydrogen-bond acceptors (Lipinski definition) is 6. The van der Waals surface area contributed by atoms with Crippen molar-refractivity contribution < 1.29 is 4.74 Å². The topological polar surface area (TPSA) is 50.3 Å². The molecule has 1 aromatic heterocycles. The molecule has 3 rings (SSSR count). The zero-order valence-corrected chi connectivity index (χ0v) is 12.3. The van der Waals surface area contributed by atoms with Crippen molar-refractivity contribution in [2.45, 2.75) is 44.8 Å². The van der Waals surface area contributed by atoms with E-state index in [0.717, 1.165) is 43.5 Å². The Morgan fingerprint density at radius 1 is 1.53 bits per heavy atom. The van der Waals surface area contributed by atoms with Gasteiger partial charge in [0.1, 0.15) is 5.82 Å². The Labute approximate surface area is 118 Å². The maximum absolute atomic E-state index is 5.92. The summed E-state index contributed by atoms with van der Waals surface area (Å²) in [5, 5.41) is 4.29. The van der Waals surface area contributed by atoms with Gasteiger partial charge >= 0.3 is 0 Å². The highest BCUT2D eigenvalue weighted by Crippen LogP contribution is 2.23. The van der Waals surface area contributed by atoms with E-state index < -0.39 is 0 Å². The molecule has 2 atom stereocenters. The van der Waals surface area contributed by atoms with E-state index in [-0.39, 0.29) is 6.10 Å². The first-order chi connectivity index (χ1) is 9.35. The molecule has 0 radical (unpaired) electrons. The molecule has 0 saturated carbocycles. The number of aromatic nitrogens is 2. The third-order valence-corrected chi connectivity index (χ3v) is 4.59. The van der Waals surface area contributed by atoms with Gasteiger partial charge in [0.25, 0.3) is 0 Å². The van der Waals surface area contributed by atoms with E-state index in [2.05, 4.69) is 26.5 Å². The van der Waals surface area contributed by atoms with Crippen molar-refractivity contribution in [3.05, 3.63) is 5.82 Å². The van der Waals surface area contributed by atoms with Crippen molar-refractivity contribution in [3.63, 3.8) is 0 Å². The van der Waals surface area contributed by atoms with E-state index in [4.69, 9.17) is 4.74 Å². The lowest BCUT2D eigenvalue weighted by Crippen LogP contribution is -2.48. The van der Waals surface area contributed by atoms with Crippen molar-refractivity contribution in [2.24, 2.45) is 0 Å². The second kappa shape index (κ2) is 6.15. The third kappa shape index (κ3) is 3.24. The first kappa shape index (κ1) is 13.3. The SMILES string of the molecule is CCCc1nsc(NCC2CN3CCCC3CO2)n1. The lowest BCUT2D eigenvalue weighted by Gasteiger charge is -2.35. The number of fused-ring (bicyclic) bond motifs is 1. The number of aryl methyl sites for hydroxylation is 1. The first-order valence-electron chi connectivity index (χ1n) is 7.27. The Morgan fingerprint density at radius 2 is 2.47 bits per heavy atom. The summed E-state index contributed by atoms with van der Waals surface area (Å²) in [6, 6.07) is 0.675. The molecule has 6 heteroatoms. The second-order valence-corrected chi connectivity index (χ2v) is 6.14. The molecule has 0 spiro atoms. The molecular weight excluding hydrogens is 260 g/mol. The monoisotopic (exact) mass is 282 g/mol. The van der Waals surface area contributed by atoms with Crippen LogP contribution in [0.25, 0.3) is 0 Å². The standard InChI is InChI=1S/C13H22N4OS/c1-2-4-12-15-13(19-16-12)14-7-11-8-17-6-3-5-10(17)9-18-11/h10-11H,2-9H2,1H3,(H,14,15,16). The molecule has 2 saturated heterocycles. The van der Waals surface area contributed by atoms with Gasteiger partial charge < -0.3 is 10.1 Å². The van der Waals surface area contributed by atoms with Gasteiger partial charge in [0.2, 0.25) is 5.13 Å². The van der Waals surface area contributed by atoms with Gasteiger partial charge in [-0.3, -0.25) is 4.90 Å². The summed E-state index contributed by atoms with van der Waals surface area (Å²) in [6.45, 7) is 6.17. The van der Waals surface area contributed by atoms with Crippen molar-refractivity contribution in [3.8, 4) is 0 Å². The van der Waals surface area contributed by atoms with Crippen LogP contribution in [-0.2, 0) is 11.2 Å². The first-order valence-corrected chi connectivity index (χ1v) is 8.04. The zero-order valence-electron chi connectivity index (χ0n) is 11.5. The number of hydrogen-bond donors (Lipinski definition) is 1. The molecule has 2 fully saturated rings. The minimum absolute atomic E-state index is 0.285. The van der Waals surface area contributed by atoms with Crippen LogP contribution in [0.2, 0.25) is 0 Å². The van der Waals surface area contributed by atoms with Gasteiger partial charge in [-0.15, -0.1) is 0 Å². The van der Waals surface area contributed by atoms with Gasteiger partial charge in [-0.25, -0.2) is 4.98 Å². The summed E-state index contributed by atoms with van der Waals surface area (Å²) < 4.78 is 10.3. The number of nitrogens with zero attached hydrogens (tertiary/aromatic N) is 3. The molecule has 2 aliphatic rings. The molecule has 19 heavy (non-hydrogen) atoms. The summed E-state index contributed by atoms with van der Waals surface area (Å²) >= 11 is 1.46. The van der Waals surface area contributed by atoms with E-state index in [9.17, 15) is 0 Å². The fourth-order valence-electron chi connectivity index (χ4n) is 2.86. The van der Waals surface area contributed by atoms with E-state index in [1.165, 1.54) is 30.9 Å². The second-order valence-electron chi connectivity index (χ2n) is 5.39. The summed E-state index contributed by atoms with van der Waals surface area (Å²) in [5.41, 5.74) is 0. The van der Waals surface area contributed by atoms with Crippen LogP contribution in [0.1, 0.15) is 32.0 Å². The van der Waals surface area contributed by atoms with Crippen LogP contribution in [0.5, 0.6) is 0 Å². The van der Waals surface area contributed by atoms with Gasteiger partial charge in [-0.2, -0.15) is 4.37 Å². The summed E-state index contributed by atoms with van der Waals surface area (Å²) in [6.07, 6.45) is 4.97. The molecule has 0 amide bonds. The van der Waals surface area contributed by atoms with Crippen LogP contribution in [-0.4, -0.2) is 52.6 Å². The molecule has 2 unspecified atom stereocenters. The third-order valence-electron chi connectivity index (χ3n) is 3.88. The molecule has 0 aromatic carbocycles. The highest BCUT2D eigenvalue weighted by molar-refractivity contribution is 7.09. The number of nitrogens with one attached hydrogen (secondary N) is 1. The van der Waals surface area contributed by atoms with Crippen LogP contribution < -0.4 is 5.32 Å². The normalized spacial score (nSPS) is 27.4. The maximum Gasteiger partial charge on any atom is 0.202 e. The Bertz CT molecular complexity index is 411. The quantitative estimate of drug-likeness (QED) is 0.892. The summed E-state index contributed by atoms with van der Waals surface area (Å²) in [4.78, 5) is 7.05. The molecule has 5 nitrogen and oxygen atoms in total. The van der Waals surface area contributed by atoms with Crippen molar-refractivity contribution in [1.29, 1.82) is 0 Å². The molecule has 2 aliphatic heterocycles. The van der Waals surface area contributed by atoms with Gasteiger partial charge in [-0.05, 0) is 25.8 Å². The van der Waals surface area contributed by atoms with Crippen LogP contribution in [0.3, 0.4) is 0 Å². The fraction of sp³-hybridized carbons (Fsp3) is 0.846. The van der Waals surface area contributed by atoms with E-state index >= 15 is 0 Å². The van der Waals surface area contributed by atoms with Crippen molar-refractivity contribution in [1.82, 2.24) is 14.3 Å². The lowest BCUT2D eigenvalue weighted by molar-refractivity contribution is -0.0415. The zero-order chi connectivity index (χ0) is 13.1. The molecule has 106 valence electrons. The van der Waals surface area contributed by atoms with E-state index in [0.29, 0.717) is 6.04 Å². The molecular formula is C13H22N4OS. The van der Waals surface area contributed by atoms with Gasteiger partial charge in [-0.1, -0.05) is 6.92 Å². The average Bonchev–Trinajstić information content (AvgIpc) is 3.04. The van der Waals surface area contributed by atoms with Crippen molar-refractivity contribution >= 4 is 16.7 Å². The van der Waals surface area contributed by atoms with E-state index in [1.807, 2.05) is 0 Å². The predicted molar refractivity (Wildman–Crippen MR) is 76.7 cm³/mol. The van der Waals surface area contributed by atoms with E-state index in [1.54, 1.807) is 0 Å². The Kier molecular flexibility index (Phi) is 4.30. The van der Waals surface area contributed by atoms with Gasteiger partial charge in [0, 0.05) is 37.1 Å². The molecule has 3 heterocycles. The largest absolute Gasteiger partial charge is 0.373 e. The molecule has 0 aliphatic carbocycles. The van der Waals surface area contributed by atoms with Crippen LogP contribution in [0.15, 0.2) is 0 Å². The van der Waals surface area contributed by atoms with Crippen LogP contribution in [0.4, 0.5) is 5.13 Å². The van der Waals surface area contributed by atoms with Gasteiger partial charge in [0.15, 0.2) is 0 Å². The number of morpholine rings is 1. The Balaban J connectivity index is 1.46. The molecule has 1 N–H and O–H groups in total. The molecule has 0 bridgehead atoms. The Hall–Kier alpha value is -0.720. The predicted octanol–water partition coefficient (Wildman–Crippen LogP) is 1.77. The summed E-state index contributed by atoms with van der Waals surface area (Å²) in [5.74, 6) is 0.958. The average molecular weight is 282 g/mol. The van der Waals surface area contributed by atoms with Gasteiger partial charge in [0.05, 0.1) is 12.7 Å². The minimum atomic E-state index is 0.285. The highest BCUT2D eigenvalue weighted by Gasteiger charge is 2.32. The molecule has 1 aromatic rings. The number of anilines is 1. The highest BCUT2D eigenvalue weighted by atomic mass is 32.1. The lowest BCUT2D eigenvalue weighted by atomic mass is 10.2. The Morgan fingerprint density at radius 3 is 3.37 bits per heavy atom. The van der Waals surface area contributed by atoms with Crippen LogP contribution >= 0.6 is 11.5 Å². The fourth-order valence-corrected chi connectivity index (χ4v) is 3.48.